The summed E-state index contributed by atoms with van der Waals surface area (Å²) in [7, 11) is -3.10. The van der Waals surface area contributed by atoms with Crippen LogP contribution in [0.2, 0.25) is 0 Å². The lowest BCUT2D eigenvalue weighted by molar-refractivity contribution is 0.437. The molecule has 3 rings (SSSR count). The van der Waals surface area contributed by atoms with Crippen molar-refractivity contribution >= 4 is 15.8 Å². The third-order valence-corrected chi connectivity index (χ3v) is 5.35. The summed E-state index contributed by atoms with van der Waals surface area (Å²) < 4.78 is 24.9. The van der Waals surface area contributed by atoms with E-state index >= 15 is 0 Å². The third-order valence-electron chi connectivity index (χ3n) is 4.05. The maximum Gasteiger partial charge on any atom is 0.211 e. The van der Waals surface area contributed by atoms with Crippen LogP contribution >= 0.6 is 0 Å². The largest absolute Gasteiger partial charge is 0.355 e. The van der Waals surface area contributed by atoms with E-state index in [-0.39, 0.29) is 0 Å². The van der Waals surface area contributed by atoms with Crippen LogP contribution in [0.3, 0.4) is 0 Å². The number of rotatable bonds is 3. The Morgan fingerprint density at radius 3 is 2.57 bits per heavy atom. The molecule has 0 amide bonds. The van der Waals surface area contributed by atoms with Crippen molar-refractivity contribution in [3.8, 4) is 0 Å². The van der Waals surface area contributed by atoms with Gasteiger partial charge in [-0.05, 0) is 26.2 Å². The molecule has 1 aliphatic heterocycles. The standard InChI is InChI=1S/C14H22N4O2S/c1-11-10-13(16-14(15-11)12-4-5-12)17-6-3-7-18(9-8-17)21(2,19)20/h10,12H,3-9H2,1-2H3. The van der Waals surface area contributed by atoms with Gasteiger partial charge in [0.1, 0.15) is 11.6 Å². The maximum absolute atomic E-state index is 11.7. The van der Waals surface area contributed by atoms with E-state index < -0.39 is 10.0 Å². The van der Waals surface area contributed by atoms with Gasteiger partial charge >= 0.3 is 0 Å². The van der Waals surface area contributed by atoms with Crippen molar-refractivity contribution < 1.29 is 8.42 Å². The lowest BCUT2D eigenvalue weighted by atomic mass is 10.3. The zero-order valence-electron chi connectivity index (χ0n) is 12.6. The Labute approximate surface area is 126 Å². The molecule has 21 heavy (non-hydrogen) atoms. The molecule has 0 spiro atoms. The lowest BCUT2D eigenvalue weighted by Crippen LogP contribution is -2.34. The molecule has 0 N–H and O–H groups in total. The van der Waals surface area contributed by atoms with Gasteiger partial charge in [0.05, 0.1) is 6.26 Å². The summed E-state index contributed by atoms with van der Waals surface area (Å²) >= 11 is 0. The van der Waals surface area contributed by atoms with Gasteiger partial charge in [0, 0.05) is 43.9 Å². The summed E-state index contributed by atoms with van der Waals surface area (Å²) in [5, 5.41) is 0. The number of hydrogen-bond acceptors (Lipinski definition) is 5. The van der Waals surface area contributed by atoms with Gasteiger partial charge in [0.15, 0.2) is 0 Å². The Bertz CT molecular complexity index is 628. The molecule has 0 bridgehead atoms. The SMILES string of the molecule is Cc1cc(N2CCCN(S(C)(=O)=O)CC2)nc(C2CC2)n1. The summed E-state index contributed by atoms with van der Waals surface area (Å²) in [6.45, 7) is 4.65. The average Bonchev–Trinajstić information content (AvgIpc) is 3.23. The summed E-state index contributed by atoms with van der Waals surface area (Å²) in [6.07, 6.45) is 4.48. The normalized spacial score (nSPS) is 21.3. The molecule has 0 atom stereocenters. The number of anilines is 1. The zero-order valence-corrected chi connectivity index (χ0v) is 13.4. The van der Waals surface area contributed by atoms with Gasteiger partial charge in [-0.1, -0.05) is 0 Å². The molecule has 1 saturated carbocycles. The van der Waals surface area contributed by atoms with Crippen molar-refractivity contribution in [1.82, 2.24) is 14.3 Å². The van der Waals surface area contributed by atoms with Crippen LogP contribution in [0.1, 0.15) is 36.7 Å². The summed E-state index contributed by atoms with van der Waals surface area (Å²) in [6, 6.07) is 2.00. The fourth-order valence-electron chi connectivity index (χ4n) is 2.72. The predicted molar refractivity (Wildman–Crippen MR) is 82.0 cm³/mol. The minimum absolute atomic E-state index is 0.528. The Hall–Kier alpha value is -1.21. The minimum atomic E-state index is -3.10. The number of sulfonamides is 1. The molecule has 7 heteroatoms. The van der Waals surface area contributed by atoms with E-state index in [1.807, 2.05) is 13.0 Å². The van der Waals surface area contributed by atoms with Gasteiger partial charge in [-0.15, -0.1) is 0 Å². The quantitative estimate of drug-likeness (QED) is 0.837. The first-order chi connectivity index (χ1) is 9.93. The Balaban J connectivity index is 1.78. The van der Waals surface area contributed by atoms with Gasteiger partial charge in [-0.2, -0.15) is 0 Å². The predicted octanol–water partition coefficient (Wildman–Crippen LogP) is 1.13. The van der Waals surface area contributed by atoms with E-state index in [0.717, 1.165) is 30.3 Å². The number of aryl methyl sites for hydroxylation is 1. The first-order valence-corrected chi connectivity index (χ1v) is 9.34. The average molecular weight is 310 g/mol. The fraction of sp³-hybridized carbons (Fsp3) is 0.714. The number of hydrogen-bond donors (Lipinski definition) is 0. The molecule has 2 heterocycles. The molecule has 0 aromatic carbocycles. The zero-order chi connectivity index (χ0) is 15.0. The van der Waals surface area contributed by atoms with Crippen molar-refractivity contribution in [1.29, 1.82) is 0 Å². The molecular weight excluding hydrogens is 288 g/mol. The Morgan fingerprint density at radius 1 is 1.14 bits per heavy atom. The molecule has 6 nitrogen and oxygen atoms in total. The van der Waals surface area contributed by atoms with Crippen LogP contribution in [-0.2, 0) is 10.0 Å². The highest BCUT2D eigenvalue weighted by Gasteiger charge is 2.28. The van der Waals surface area contributed by atoms with Crippen molar-refractivity contribution in [2.75, 3.05) is 37.3 Å². The second-order valence-electron chi connectivity index (χ2n) is 6.00. The van der Waals surface area contributed by atoms with Crippen molar-refractivity contribution in [2.24, 2.45) is 0 Å². The third kappa shape index (κ3) is 3.52. The van der Waals surface area contributed by atoms with E-state index in [1.165, 1.54) is 19.1 Å². The molecule has 1 aromatic rings. The molecule has 116 valence electrons. The van der Waals surface area contributed by atoms with Crippen molar-refractivity contribution in [2.45, 2.75) is 32.1 Å². The molecule has 1 aliphatic carbocycles. The summed E-state index contributed by atoms with van der Waals surface area (Å²) in [5.41, 5.74) is 0.992. The van der Waals surface area contributed by atoms with Gasteiger partial charge in [-0.3, -0.25) is 0 Å². The van der Waals surface area contributed by atoms with E-state index in [1.54, 1.807) is 4.31 Å². The molecule has 1 aromatic heterocycles. The van der Waals surface area contributed by atoms with E-state index in [9.17, 15) is 8.42 Å². The van der Waals surface area contributed by atoms with Crippen LogP contribution in [0.5, 0.6) is 0 Å². The van der Waals surface area contributed by atoms with Crippen molar-refractivity contribution in [3.05, 3.63) is 17.6 Å². The van der Waals surface area contributed by atoms with E-state index in [4.69, 9.17) is 4.98 Å². The van der Waals surface area contributed by atoms with Crippen LogP contribution in [0.25, 0.3) is 0 Å². The summed E-state index contributed by atoms with van der Waals surface area (Å²) in [4.78, 5) is 11.4. The lowest BCUT2D eigenvalue weighted by Gasteiger charge is -2.22. The van der Waals surface area contributed by atoms with Crippen LogP contribution in [-0.4, -0.2) is 55.1 Å². The topological polar surface area (TPSA) is 66.4 Å². The molecule has 0 unspecified atom stereocenters. The van der Waals surface area contributed by atoms with Crippen LogP contribution in [0, 0.1) is 6.92 Å². The minimum Gasteiger partial charge on any atom is -0.355 e. The fourth-order valence-corrected chi connectivity index (χ4v) is 3.59. The van der Waals surface area contributed by atoms with Gasteiger partial charge < -0.3 is 4.90 Å². The first kappa shape index (κ1) is 14.7. The number of aromatic nitrogens is 2. The Morgan fingerprint density at radius 2 is 1.90 bits per heavy atom. The van der Waals surface area contributed by atoms with E-state index in [2.05, 4.69) is 9.88 Å². The van der Waals surface area contributed by atoms with Crippen molar-refractivity contribution in [3.63, 3.8) is 0 Å². The highest BCUT2D eigenvalue weighted by Crippen LogP contribution is 2.38. The maximum atomic E-state index is 11.7. The van der Waals surface area contributed by atoms with Gasteiger partial charge in [0.25, 0.3) is 0 Å². The van der Waals surface area contributed by atoms with Crippen LogP contribution in [0.15, 0.2) is 6.07 Å². The monoisotopic (exact) mass is 310 g/mol. The highest BCUT2D eigenvalue weighted by molar-refractivity contribution is 7.88. The van der Waals surface area contributed by atoms with Crippen LogP contribution < -0.4 is 4.90 Å². The highest BCUT2D eigenvalue weighted by atomic mass is 32.2. The number of nitrogens with zero attached hydrogens (tertiary/aromatic N) is 4. The molecule has 2 fully saturated rings. The molecule has 1 saturated heterocycles. The second kappa shape index (κ2) is 5.53. The molecular formula is C14H22N4O2S. The van der Waals surface area contributed by atoms with Crippen LogP contribution in [0.4, 0.5) is 5.82 Å². The smallest absolute Gasteiger partial charge is 0.211 e. The van der Waals surface area contributed by atoms with E-state index in [0.29, 0.717) is 25.6 Å². The molecule has 2 aliphatic rings. The first-order valence-electron chi connectivity index (χ1n) is 7.49. The molecule has 0 radical (unpaired) electrons. The second-order valence-corrected chi connectivity index (χ2v) is 7.99. The van der Waals surface area contributed by atoms with Gasteiger partial charge in [0.2, 0.25) is 10.0 Å². The van der Waals surface area contributed by atoms with Gasteiger partial charge in [-0.25, -0.2) is 22.7 Å². The summed E-state index contributed by atoms with van der Waals surface area (Å²) in [5.74, 6) is 2.43. The Kier molecular flexibility index (Phi) is 3.88.